The lowest BCUT2D eigenvalue weighted by molar-refractivity contribution is -0.133. The number of aromatic nitrogens is 3. The van der Waals surface area contributed by atoms with E-state index in [2.05, 4.69) is 10.1 Å². The first-order chi connectivity index (χ1) is 13.1. The van der Waals surface area contributed by atoms with Gasteiger partial charge in [0.15, 0.2) is 5.78 Å². The minimum atomic E-state index is -0.589. The summed E-state index contributed by atoms with van der Waals surface area (Å²) in [5.74, 6) is 0.534. The molecular weight excluding hydrogens is 366 g/mol. The van der Waals surface area contributed by atoms with E-state index in [1.54, 1.807) is 24.3 Å². The van der Waals surface area contributed by atoms with Gasteiger partial charge in [-0.15, -0.1) is 0 Å². The zero-order chi connectivity index (χ0) is 18.8. The maximum atomic E-state index is 12.6. The number of hydrogen-bond donors (Lipinski definition) is 0. The summed E-state index contributed by atoms with van der Waals surface area (Å²) in [7, 11) is 0. The number of ketones is 2. The topological polar surface area (TPSA) is 74.1 Å². The largest absolute Gasteiger partial charge is 0.457 e. The normalized spacial score (nSPS) is 19.9. The molecule has 136 valence electrons. The summed E-state index contributed by atoms with van der Waals surface area (Å²) in [4.78, 5) is 28.7. The second-order valence-electron chi connectivity index (χ2n) is 6.41. The first-order valence-electron chi connectivity index (χ1n) is 8.52. The monoisotopic (exact) mass is 381 g/mol. The number of carbonyl (C=O) groups excluding carboxylic acids is 2. The van der Waals surface area contributed by atoms with Gasteiger partial charge in [0.25, 0.3) is 0 Å². The summed E-state index contributed by atoms with van der Waals surface area (Å²) in [5.41, 5.74) is 0.777. The molecular formula is C20H16ClN3O3. The number of Topliss-reactive ketones (excluding diaryl/α,β-unsaturated/α-hetero) is 2. The number of carbonyl (C=O) groups is 2. The fourth-order valence-corrected chi connectivity index (χ4v) is 3.64. The number of rotatable bonds is 4. The molecule has 1 aliphatic carbocycles. The zero-order valence-corrected chi connectivity index (χ0v) is 15.0. The van der Waals surface area contributed by atoms with Crippen molar-refractivity contribution < 1.29 is 14.3 Å². The van der Waals surface area contributed by atoms with Gasteiger partial charge in [-0.1, -0.05) is 35.9 Å². The molecule has 0 aliphatic heterocycles. The van der Waals surface area contributed by atoms with Gasteiger partial charge in [0, 0.05) is 22.9 Å². The zero-order valence-electron chi connectivity index (χ0n) is 14.3. The average Bonchev–Trinajstić information content (AvgIpc) is 3.16. The van der Waals surface area contributed by atoms with E-state index in [1.165, 1.54) is 17.3 Å². The van der Waals surface area contributed by atoms with E-state index in [-0.39, 0.29) is 30.3 Å². The summed E-state index contributed by atoms with van der Waals surface area (Å²) >= 11 is 6.04. The molecule has 0 amide bonds. The number of ether oxygens (including phenoxy) is 1. The van der Waals surface area contributed by atoms with Crippen LogP contribution in [0.4, 0.5) is 0 Å². The first-order valence-corrected chi connectivity index (χ1v) is 8.90. The van der Waals surface area contributed by atoms with E-state index >= 15 is 0 Å². The van der Waals surface area contributed by atoms with Crippen LogP contribution in [-0.4, -0.2) is 26.3 Å². The summed E-state index contributed by atoms with van der Waals surface area (Å²) < 4.78 is 7.55. The number of hydrogen-bond acceptors (Lipinski definition) is 5. The molecule has 0 spiro atoms. The third-order valence-corrected chi connectivity index (χ3v) is 4.83. The Kier molecular flexibility index (Phi) is 4.73. The van der Waals surface area contributed by atoms with Crippen LogP contribution in [0.3, 0.4) is 0 Å². The molecule has 1 saturated carbocycles. The molecule has 2 aromatic carbocycles. The maximum Gasteiger partial charge on any atom is 0.165 e. The van der Waals surface area contributed by atoms with Gasteiger partial charge < -0.3 is 4.74 Å². The lowest BCUT2D eigenvalue weighted by Gasteiger charge is -2.30. The molecule has 0 N–H and O–H groups in total. The Bertz CT molecular complexity index is 988. The molecule has 27 heavy (non-hydrogen) atoms. The highest BCUT2D eigenvalue weighted by Crippen LogP contribution is 2.42. The molecule has 0 radical (unpaired) electrons. The van der Waals surface area contributed by atoms with Gasteiger partial charge in [-0.2, -0.15) is 5.10 Å². The highest BCUT2D eigenvalue weighted by molar-refractivity contribution is 6.30. The second kappa shape index (κ2) is 7.32. The molecule has 7 heteroatoms. The highest BCUT2D eigenvalue weighted by Gasteiger charge is 2.39. The van der Waals surface area contributed by atoms with Gasteiger partial charge in [0.05, 0.1) is 6.42 Å². The minimum Gasteiger partial charge on any atom is -0.457 e. The van der Waals surface area contributed by atoms with Crippen LogP contribution in [0.25, 0.3) is 0 Å². The minimum absolute atomic E-state index is 0.0843. The summed E-state index contributed by atoms with van der Waals surface area (Å²) in [6, 6.07) is 13.9. The second-order valence-corrected chi connectivity index (χ2v) is 6.85. The van der Waals surface area contributed by atoms with Crippen LogP contribution in [0.5, 0.6) is 11.5 Å². The van der Waals surface area contributed by atoms with E-state index in [4.69, 9.17) is 16.3 Å². The van der Waals surface area contributed by atoms with E-state index in [1.807, 2.05) is 24.3 Å². The van der Waals surface area contributed by atoms with Gasteiger partial charge in [-0.3, -0.25) is 9.59 Å². The van der Waals surface area contributed by atoms with Crippen molar-refractivity contribution in [1.29, 1.82) is 0 Å². The number of halogens is 1. The third kappa shape index (κ3) is 3.61. The van der Waals surface area contributed by atoms with Gasteiger partial charge >= 0.3 is 0 Å². The van der Waals surface area contributed by atoms with Crippen molar-refractivity contribution in [1.82, 2.24) is 14.8 Å². The Labute approximate surface area is 160 Å². The number of benzene rings is 2. The van der Waals surface area contributed by atoms with E-state index in [9.17, 15) is 9.59 Å². The Morgan fingerprint density at radius 1 is 1.11 bits per heavy atom. The number of para-hydroxylation sites is 1. The first kappa shape index (κ1) is 17.4. The van der Waals surface area contributed by atoms with Gasteiger partial charge in [0.2, 0.25) is 0 Å². The average molecular weight is 382 g/mol. The molecule has 1 fully saturated rings. The smallest absolute Gasteiger partial charge is 0.165 e. The molecule has 0 saturated heterocycles. The Balaban J connectivity index is 1.74. The summed E-state index contributed by atoms with van der Waals surface area (Å²) in [6.07, 6.45) is 3.05. The molecule has 1 heterocycles. The molecule has 3 aromatic rings. The van der Waals surface area contributed by atoms with Crippen molar-refractivity contribution in [3.63, 3.8) is 0 Å². The quantitative estimate of drug-likeness (QED) is 0.639. The molecule has 1 aromatic heterocycles. The predicted molar refractivity (Wildman–Crippen MR) is 99.0 cm³/mol. The van der Waals surface area contributed by atoms with Crippen LogP contribution in [-0.2, 0) is 9.59 Å². The molecule has 4 rings (SSSR count). The highest BCUT2D eigenvalue weighted by atomic mass is 35.5. The summed E-state index contributed by atoms with van der Waals surface area (Å²) in [5, 5.41) is 4.69. The van der Waals surface area contributed by atoms with Crippen LogP contribution in [0.2, 0.25) is 5.02 Å². The van der Waals surface area contributed by atoms with Gasteiger partial charge in [0.1, 0.15) is 36.0 Å². The molecule has 0 bridgehead atoms. The standard InChI is InChI=1S/C20H16ClN3O3/c21-13-4-3-5-15(8-13)27-19-7-2-1-6-16(19)17-9-14(25)10-18(26)20(17)24-12-22-11-23-24/h1-8,11-12,17,20H,9-10H2/t17-,20+/m0/s1. The van der Waals surface area contributed by atoms with Crippen molar-refractivity contribution in [2.45, 2.75) is 24.8 Å². The SMILES string of the molecule is O=C1CC(=O)[C@H](n2cncn2)[C@H](c2ccccc2Oc2cccc(Cl)c2)C1. The predicted octanol–water partition coefficient (Wildman–Crippen LogP) is 3.98. The van der Waals surface area contributed by atoms with Crippen LogP contribution in [0.1, 0.15) is 30.4 Å². The fraction of sp³-hybridized carbons (Fsp3) is 0.200. The van der Waals surface area contributed by atoms with Gasteiger partial charge in [-0.05, 0) is 24.3 Å². The number of nitrogens with zero attached hydrogens (tertiary/aromatic N) is 3. The Morgan fingerprint density at radius 3 is 2.74 bits per heavy atom. The lowest BCUT2D eigenvalue weighted by Crippen LogP contribution is -2.34. The summed E-state index contributed by atoms with van der Waals surface area (Å²) in [6.45, 7) is 0. The third-order valence-electron chi connectivity index (χ3n) is 4.59. The van der Waals surface area contributed by atoms with Crippen molar-refractivity contribution in [3.8, 4) is 11.5 Å². The van der Waals surface area contributed by atoms with Crippen LogP contribution in [0.15, 0.2) is 61.2 Å². The van der Waals surface area contributed by atoms with Crippen molar-refractivity contribution in [2.24, 2.45) is 0 Å². The van der Waals surface area contributed by atoms with Crippen LogP contribution in [0, 0.1) is 0 Å². The molecule has 0 unspecified atom stereocenters. The molecule has 1 aliphatic rings. The fourth-order valence-electron chi connectivity index (χ4n) is 3.46. The van der Waals surface area contributed by atoms with E-state index in [0.29, 0.717) is 16.5 Å². The van der Waals surface area contributed by atoms with E-state index < -0.39 is 6.04 Å². The molecule has 6 nitrogen and oxygen atoms in total. The van der Waals surface area contributed by atoms with Crippen LogP contribution < -0.4 is 4.74 Å². The van der Waals surface area contributed by atoms with Crippen molar-refractivity contribution in [3.05, 3.63) is 71.8 Å². The Hall–Kier alpha value is -2.99. The van der Waals surface area contributed by atoms with Gasteiger partial charge in [-0.25, -0.2) is 9.67 Å². The van der Waals surface area contributed by atoms with Crippen molar-refractivity contribution >= 4 is 23.2 Å². The maximum absolute atomic E-state index is 12.6. The Morgan fingerprint density at radius 2 is 1.96 bits per heavy atom. The van der Waals surface area contributed by atoms with Crippen molar-refractivity contribution in [2.75, 3.05) is 0 Å². The van der Waals surface area contributed by atoms with E-state index in [0.717, 1.165) is 5.56 Å². The van der Waals surface area contributed by atoms with Crippen LogP contribution >= 0.6 is 11.6 Å². The molecule has 2 atom stereocenters. The lowest BCUT2D eigenvalue weighted by atomic mass is 9.78.